The number of carbonyl (C=O) groups is 2. The van der Waals surface area contributed by atoms with E-state index in [-0.39, 0.29) is 29.4 Å². The number of nitrogens with one attached hydrogen (secondary N) is 1. The topological polar surface area (TPSA) is 83.6 Å². The van der Waals surface area contributed by atoms with E-state index in [1.54, 1.807) is 20.9 Å². The average Bonchev–Trinajstić information content (AvgIpc) is 2.74. The molecule has 0 aromatic rings. The molecule has 1 heterocycles. The summed E-state index contributed by atoms with van der Waals surface area (Å²) < 4.78 is 23.0. The molecule has 1 atom stereocenters. The van der Waals surface area contributed by atoms with Gasteiger partial charge in [0, 0.05) is 19.6 Å². The molecule has 7 heteroatoms. The highest BCUT2D eigenvalue weighted by Gasteiger charge is 2.42. The van der Waals surface area contributed by atoms with Gasteiger partial charge in [-0.15, -0.1) is 0 Å². The summed E-state index contributed by atoms with van der Waals surface area (Å²) in [6.07, 6.45) is 0.439. The van der Waals surface area contributed by atoms with Gasteiger partial charge in [0.05, 0.1) is 11.5 Å². The Morgan fingerprint density at radius 2 is 1.90 bits per heavy atom. The molecule has 1 aliphatic heterocycles. The van der Waals surface area contributed by atoms with Crippen LogP contribution >= 0.6 is 0 Å². The third-order valence-corrected chi connectivity index (χ3v) is 5.60. The molecule has 1 saturated heterocycles. The first-order chi connectivity index (χ1) is 9.47. The van der Waals surface area contributed by atoms with Crippen LogP contribution in [0, 0.1) is 11.3 Å². The van der Waals surface area contributed by atoms with Crippen molar-refractivity contribution in [2.45, 2.75) is 40.2 Å². The summed E-state index contributed by atoms with van der Waals surface area (Å²) in [4.78, 5) is 26.1. The molecule has 0 radical (unpaired) electrons. The number of nitrogens with zero attached hydrogens (tertiary/aromatic N) is 1. The Balaban J connectivity index is 2.74. The smallest absolute Gasteiger partial charge is 0.237 e. The largest absolute Gasteiger partial charge is 0.355 e. The van der Waals surface area contributed by atoms with Gasteiger partial charge in [0.15, 0.2) is 9.84 Å². The normalized spacial score (nSPS) is 21.3. The predicted molar refractivity (Wildman–Crippen MR) is 81.5 cm³/mol. The van der Waals surface area contributed by atoms with Crippen LogP contribution in [0.25, 0.3) is 0 Å². The van der Waals surface area contributed by atoms with E-state index in [0.29, 0.717) is 18.9 Å². The van der Waals surface area contributed by atoms with Crippen molar-refractivity contribution in [3.63, 3.8) is 0 Å². The van der Waals surface area contributed by atoms with Crippen LogP contribution < -0.4 is 5.32 Å². The first-order valence-electron chi connectivity index (χ1n) is 7.23. The fourth-order valence-corrected chi connectivity index (χ4v) is 4.08. The second-order valence-electron chi connectivity index (χ2n) is 6.70. The number of amides is 2. The molecule has 2 amide bonds. The summed E-state index contributed by atoms with van der Waals surface area (Å²) in [6.45, 7) is 7.61. The summed E-state index contributed by atoms with van der Waals surface area (Å²) in [7, 11) is -1.48. The molecular weight excluding hydrogens is 292 g/mol. The first kappa shape index (κ1) is 17.9. The number of sulfone groups is 1. The summed E-state index contributed by atoms with van der Waals surface area (Å²) in [5, 5.41) is 2.76. The average molecular weight is 318 g/mol. The Labute approximate surface area is 127 Å². The number of hydrogen-bond donors (Lipinski definition) is 1. The molecule has 1 aliphatic rings. The van der Waals surface area contributed by atoms with Gasteiger partial charge in [-0.25, -0.2) is 8.42 Å². The van der Waals surface area contributed by atoms with Crippen LogP contribution in [0.4, 0.5) is 0 Å². The zero-order valence-electron chi connectivity index (χ0n) is 13.5. The zero-order chi connectivity index (χ0) is 16.4. The van der Waals surface area contributed by atoms with E-state index in [1.807, 2.05) is 13.8 Å². The van der Waals surface area contributed by atoms with E-state index in [9.17, 15) is 18.0 Å². The minimum absolute atomic E-state index is 0.0149. The fraction of sp³-hybridized carbons (Fsp3) is 0.857. The monoisotopic (exact) mass is 318 g/mol. The molecule has 122 valence electrons. The Morgan fingerprint density at radius 1 is 1.33 bits per heavy atom. The van der Waals surface area contributed by atoms with Crippen LogP contribution in [0.3, 0.4) is 0 Å². The lowest BCUT2D eigenvalue weighted by atomic mass is 9.89. The van der Waals surface area contributed by atoms with Gasteiger partial charge in [-0.3, -0.25) is 9.59 Å². The first-order valence-corrected chi connectivity index (χ1v) is 9.05. The van der Waals surface area contributed by atoms with Crippen LogP contribution in [-0.2, 0) is 19.4 Å². The van der Waals surface area contributed by atoms with Crippen molar-refractivity contribution in [3.05, 3.63) is 0 Å². The van der Waals surface area contributed by atoms with E-state index in [1.165, 1.54) is 4.90 Å². The van der Waals surface area contributed by atoms with Crippen LogP contribution in [0.2, 0.25) is 0 Å². The van der Waals surface area contributed by atoms with Crippen LogP contribution in [-0.4, -0.2) is 56.3 Å². The van der Waals surface area contributed by atoms with Crippen LogP contribution in [0.5, 0.6) is 0 Å². The molecule has 6 nitrogen and oxygen atoms in total. The SMILES string of the molecule is CC(C)CNC(=O)C(C)(C)C(=O)N(C)C1CCS(=O)(=O)C1. The van der Waals surface area contributed by atoms with E-state index in [4.69, 9.17) is 0 Å². The predicted octanol–water partition coefficient (Wildman–Crippen LogP) is 0.430. The maximum Gasteiger partial charge on any atom is 0.237 e. The van der Waals surface area contributed by atoms with Crippen molar-refractivity contribution < 1.29 is 18.0 Å². The molecule has 0 saturated carbocycles. The van der Waals surface area contributed by atoms with Gasteiger partial charge in [-0.2, -0.15) is 0 Å². The fourth-order valence-electron chi connectivity index (χ4n) is 2.30. The second-order valence-corrected chi connectivity index (χ2v) is 8.93. The molecule has 1 N–H and O–H groups in total. The Morgan fingerprint density at radius 3 is 2.33 bits per heavy atom. The van der Waals surface area contributed by atoms with Crippen molar-refractivity contribution >= 4 is 21.7 Å². The Hall–Kier alpha value is -1.11. The van der Waals surface area contributed by atoms with E-state index < -0.39 is 15.3 Å². The molecule has 0 spiro atoms. The lowest BCUT2D eigenvalue weighted by Gasteiger charge is -2.32. The zero-order valence-corrected chi connectivity index (χ0v) is 14.3. The van der Waals surface area contributed by atoms with Crippen molar-refractivity contribution in [2.75, 3.05) is 25.1 Å². The highest BCUT2D eigenvalue weighted by molar-refractivity contribution is 7.91. The molecule has 1 fully saturated rings. The molecular formula is C14H26N2O4S. The lowest BCUT2D eigenvalue weighted by Crippen LogP contribution is -2.51. The van der Waals surface area contributed by atoms with Crippen molar-refractivity contribution in [1.82, 2.24) is 10.2 Å². The molecule has 0 bridgehead atoms. The standard InChI is InChI=1S/C14H26N2O4S/c1-10(2)8-15-12(17)14(3,4)13(18)16(5)11-6-7-21(19,20)9-11/h10-11H,6-9H2,1-5H3,(H,15,17). The van der Waals surface area contributed by atoms with Gasteiger partial charge in [-0.1, -0.05) is 13.8 Å². The highest BCUT2D eigenvalue weighted by atomic mass is 32.2. The Bertz CT molecular complexity index is 511. The van der Waals surface area contributed by atoms with Gasteiger partial charge in [-0.05, 0) is 26.2 Å². The molecule has 0 aromatic carbocycles. The molecule has 0 aliphatic carbocycles. The molecule has 21 heavy (non-hydrogen) atoms. The maximum atomic E-state index is 12.5. The van der Waals surface area contributed by atoms with Crippen LogP contribution in [0.1, 0.15) is 34.1 Å². The minimum Gasteiger partial charge on any atom is -0.355 e. The lowest BCUT2D eigenvalue weighted by molar-refractivity contribution is -0.148. The van der Waals surface area contributed by atoms with Crippen molar-refractivity contribution in [1.29, 1.82) is 0 Å². The minimum atomic E-state index is -3.06. The molecule has 1 unspecified atom stereocenters. The number of rotatable bonds is 5. The van der Waals surface area contributed by atoms with Gasteiger partial charge in [0.25, 0.3) is 0 Å². The molecule has 1 rings (SSSR count). The molecule has 0 aromatic heterocycles. The van der Waals surface area contributed by atoms with Crippen molar-refractivity contribution in [3.8, 4) is 0 Å². The van der Waals surface area contributed by atoms with Gasteiger partial charge in [0.1, 0.15) is 5.41 Å². The van der Waals surface area contributed by atoms with E-state index in [0.717, 1.165) is 0 Å². The van der Waals surface area contributed by atoms with Gasteiger partial charge in [0.2, 0.25) is 11.8 Å². The van der Waals surface area contributed by atoms with Gasteiger partial charge < -0.3 is 10.2 Å². The Kier molecular flexibility index (Phi) is 5.41. The second kappa shape index (κ2) is 6.34. The number of carbonyl (C=O) groups excluding carboxylic acids is 2. The third kappa shape index (κ3) is 4.43. The van der Waals surface area contributed by atoms with Crippen molar-refractivity contribution in [2.24, 2.45) is 11.3 Å². The third-order valence-electron chi connectivity index (χ3n) is 3.85. The highest BCUT2D eigenvalue weighted by Crippen LogP contribution is 2.24. The maximum absolute atomic E-state index is 12.5. The summed E-state index contributed by atoms with van der Waals surface area (Å²) in [5.74, 6) is -0.272. The summed E-state index contributed by atoms with van der Waals surface area (Å²) in [6, 6.07) is -0.334. The summed E-state index contributed by atoms with van der Waals surface area (Å²) >= 11 is 0. The van der Waals surface area contributed by atoms with Crippen LogP contribution in [0.15, 0.2) is 0 Å². The summed E-state index contributed by atoms with van der Waals surface area (Å²) in [5.41, 5.74) is -1.20. The van der Waals surface area contributed by atoms with Gasteiger partial charge >= 0.3 is 0 Å². The van der Waals surface area contributed by atoms with E-state index in [2.05, 4.69) is 5.32 Å². The van der Waals surface area contributed by atoms with E-state index >= 15 is 0 Å². The quantitative estimate of drug-likeness (QED) is 0.745. The number of hydrogen-bond acceptors (Lipinski definition) is 4.